The lowest BCUT2D eigenvalue weighted by atomic mass is 9.96. The second-order valence-electron chi connectivity index (χ2n) is 6.62. The smallest absolute Gasteiger partial charge is 0.254 e. The molecule has 1 N–H and O–H groups in total. The van der Waals surface area contributed by atoms with Crippen LogP contribution in [0.3, 0.4) is 0 Å². The van der Waals surface area contributed by atoms with Crippen LogP contribution >= 0.6 is 0 Å². The van der Waals surface area contributed by atoms with E-state index in [1.165, 1.54) is 0 Å². The number of hydrogen-bond acceptors (Lipinski definition) is 4. The van der Waals surface area contributed by atoms with Crippen molar-refractivity contribution in [3.63, 3.8) is 0 Å². The van der Waals surface area contributed by atoms with Gasteiger partial charge < -0.3 is 14.7 Å². The summed E-state index contributed by atoms with van der Waals surface area (Å²) in [6, 6.07) is 10.5. The molecule has 5 nitrogen and oxygen atoms in total. The van der Waals surface area contributed by atoms with Gasteiger partial charge in [0.25, 0.3) is 5.91 Å². The van der Waals surface area contributed by atoms with Crippen LogP contribution in [0, 0.1) is 0 Å². The van der Waals surface area contributed by atoms with Gasteiger partial charge in [0.05, 0.1) is 11.6 Å². The van der Waals surface area contributed by atoms with Crippen LogP contribution in [0.5, 0.6) is 11.5 Å². The van der Waals surface area contributed by atoms with E-state index < -0.39 is 5.60 Å². The van der Waals surface area contributed by atoms with E-state index in [2.05, 4.69) is 4.98 Å². The molecule has 0 radical (unpaired) electrons. The van der Waals surface area contributed by atoms with Gasteiger partial charge in [0.15, 0.2) is 0 Å². The zero-order valence-electron chi connectivity index (χ0n) is 14.0. The van der Waals surface area contributed by atoms with E-state index in [9.17, 15) is 9.90 Å². The molecule has 24 heavy (non-hydrogen) atoms. The molecule has 1 atom stereocenters. The molecule has 5 heteroatoms. The third-order valence-electron chi connectivity index (χ3n) is 4.30. The van der Waals surface area contributed by atoms with E-state index in [0.717, 1.165) is 12.8 Å². The number of carbonyl (C=O) groups excluding carboxylic acids is 1. The number of nitrogens with zero attached hydrogens (tertiary/aromatic N) is 2. The summed E-state index contributed by atoms with van der Waals surface area (Å²) >= 11 is 0. The molecule has 1 fully saturated rings. The molecule has 126 valence electrons. The van der Waals surface area contributed by atoms with Gasteiger partial charge in [-0.15, -0.1) is 0 Å². The Labute approximate surface area is 141 Å². The summed E-state index contributed by atoms with van der Waals surface area (Å²) in [5.74, 6) is 1.20. The summed E-state index contributed by atoms with van der Waals surface area (Å²) in [4.78, 5) is 18.6. The molecule has 0 spiro atoms. The van der Waals surface area contributed by atoms with Crippen molar-refractivity contribution in [1.29, 1.82) is 0 Å². The van der Waals surface area contributed by atoms with Gasteiger partial charge in [0.2, 0.25) is 0 Å². The molecule has 1 unspecified atom stereocenters. The number of hydrogen-bond donors (Lipinski definition) is 1. The monoisotopic (exact) mass is 326 g/mol. The fraction of sp³-hybridized carbons (Fsp3) is 0.368. The Hall–Kier alpha value is -2.40. The van der Waals surface area contributed by atoms with E-state index in [0.29, 0.717) is 23.6 Å². The first kappa shape index (κ1) is 16.5. The van der Waals surface area contributed by atoms with Crippen LogP contribution in [-0.2, 0) is 0 Å². The Morgan fingerprint density at radius 3 is 2.71 bits per heavy atom. The van der Waals surface area contributed by atoms with E-state index in [4.69, 9.17) is 4.74 Å². The fourth-order valence-electron chi connectivity index (χ4n) is 3.15. The first-order valence-corrected chi connectivity index (χ1v) is 8.16. The summed E-state index contributed by atoms with van der Waals surface area (Å²) in [7, 11) is 0. The number of rotatable bonds is 4. The zero-order chi connectivity index (χ0) is 17.2. The van der Waals surface area contributed by atoms with Gasteiger partial charge in [-0.1, -0.05) is 6.07 Å². The molecular weight excluding hydrogens is 304 g/mol. The van der Waals surface area contributed by atoms with E-state index in [-0.39, 0.29) is 11.9 Å². The minimum atomic E-state index is -0.905. The average Bonchev–Trinajstić information content (AvgIpc) is 3.05. The van der Waals surface area contributed by atoms with Gasteiger partial charge in [0, 0.05) is 24.5 Å². The summed E-state index contributed by atoms with van der Waals surface area (Å²) in [5, 5.41) is 10.3. The van der Waals surface area contributed by atoms with Gasteiger partial charge in [-0.05, 0) is 57.0 Å². The van der Waals surface area contributed by atoms with Crippen molar-refractivity contribution in [1.82, 2.24) is 9.88 Å². The normalized spacial score (nSPS) is 17.8. The van der Waals surface area contributed by atoms with Crippen LogP contribution in [0.4, 0.5) is 0 Å². The largest absolute Gasteiger partial charge is 0.457 e. The minimum Gasteiger partial charge on any atom is -0.457 e. The van der Waals surface area contributed by atoms with Gasteiger partial charge in [-0.2, -0.15) is 0 Å². The Bertz CT molecular complexity index is 710. The Balaban J connectivity index is 1.79. The Morgan fingerprint density at radius 2 is 2.00 bits per heavy atom. The maximum absolute atomic E-state index is 12.9. The number of likely N-dealkylation sites (tertiary alicyclic amines) is 1. The van der Waals surface area contributed by atoms with Crippen LogP contribution in [0.2, 0.25) is 0 Å². The van der Waals surface area contributed by atoms with Crippen molar-refractivity contribution in [2.75, 3.05) is 6.54 Å². The molecule has 2 heterocycles. The highest BCUT2D eigenvalue weighted by molar-refractivity contribution is 5.95. The summed E-state index contributed by atoms with van der Waals surface area (Å²) < 4.78 is 5.77. The van der Waals surface area contributed by atoms with Crippen LogP contribution in [0.1, 0.15) is 37.0 Å². The van der Waals surface area contributed by atoms with Crippen molar-refractivity contribution in [2.24, 2.45) is 0 Å². The van der Waals surface area contributed by atoms with Gasteiger partial charge in [-0.3, -0.25) is 9.78 Å². The van der Waals surface area contributed by atoms with Crippen LogP contribution in [0.25, 0.3) is 0 Å². The average molecular weight is 326 g/mol. The minimum absolute atomic E-state index is 0.0696. The third-order valence-corrected chi connectivity index (χ3v) is 4.30. The lowest BCUT2D eigenvalue weighted by Crippen LogP contribution is -2.48. The third kappa shape index (κ3) is 3.57. The molecule has 1 saturated heterocycles. The highest BCUT2D eigenvalue weighted by Crippen LogP contribution is 2.29. The fourth-order valence-corrected chi connectivity index (χ4v) is 3.15. The Kier molecular flexibility index (Phi) is 4.53. The van der Waals surface area contributed by atoms with Crippen molar-refractivity contribution in [3.05, 3.63) is 54.4 Å². The maximum Gasteiger partial charge on any atom is 0.254 e. The highest BCUT2D eigenvalue weighted by Gasteiger charge is 2.38. The predicted molar refractivity (Wildman–Crippen MR) is 91.1 cm³/mol. The SMILES string of the molecule is CC(C)(O)C1CCCN1C(=O)c1cccc(Oc2ccncc2)c1. The molecule has 1 amide bonds. The molecule has 0 aliphatic carbocycles. The van der Waals surface area contributed by atoms with Gasteiger partial charge in [0.1, 0.15) is 11.5 Å². The van der Waals surface area contributed by atoms with E-state index in [1.807, 2.05) is 6.07 Å². The van der Waals surface area contributed by atoms with Gasteiger partial charge in [-0.25, -0.2) is 0 Å². The molecule has 1 aliphatic rings. The number of amides is 1. The Morgan fingerprint density at radius 1 is 1.25 bits per heavy atom. The summed E-state index contributed by atoms with van der Waals surface area (Å²) in [6.07, 6.45) is 5.04. The second kappa shape index (κ2) is 6.61. The number of aromatic nitrogens is 1. The summed E-state index contributed by atoms with van der Waals surface area (Å²) in [6.45, 7) is 4.18. The second-order valence-corrected chi connectivity index (χ2v) is 6.62. The topological polar surface area (TPSA) is 62.7 Å². The van der Waals surface area contributed by atoms with Crippen molar-refractivity contribution in [3.8, 4) is 11.5 Å². The number of ether oxygens (including phenoxy) is 1. The van der Waals surface area contributed by atoms with Crippen molar-refractivity contribution < 1.29 is 14.6 Å². The molecule has 0 saturated carbocycles. The molecule has 2 aromatic rings. The standard InChI is InChI=1S/C19H22N2O3/c1-19(2,23)17-7-4-12-21(17)18(22)14-5-3-6-16(13-14)24-15-8-10-20-11-9-15/h3,5-6,8-11,13,17,23H,4,7,12H2,1-2H3. The quantitative estimate of drug-likeness (QED) is 0.937. The number of aliphatic hydroxyl groups is 1. The molecule has 1 aromatic heterocycles. The lowest BCUT2D eigenvalue weighted by molar-refractivity contribution is 0.000330. The highest BCUT2D eigenvalue weighted by atomic mass is 16.5. The van der Waals surface area contributed by atoms with E-state index in [1.54, 1.807) is 61.5 Å². The number of carbonyl (C=O) groups is 1. The first-order valence-electron chi connectivity index (χ1n) is 8.16. The molecular formula is C19H22N2O3. The molecule has 1 aromatic carbocycles. The molecule has 1 aliphatic heterocycles. The number of benzene rings is 1. The van der Waals surface area contributed by atoms with Crippen LogP contribution in [0.15, 0.2) is 48.8 Å². The predicted octanol–water partition coefficient (Wildman–Crippen LogP) is 3.25. The zero-order valence-corrected chi connectivity index (χ0v) is 14.0. The lowest BCUT2D eigenvalue weighted by Gasteiger charge is -2.33. The molecule has 0 bridgehead atoms. The first-order chi connectivity index (χ1) is 11.4. The van der Waals surface area contributed by atoms with Crippen molar-refractivity contribution in [2.45, 2.75) is 38.3 Å². The van der Waals surface area contributed by atoms with E-state index >= 15 is 0 Å². The van der Waals surface area contributed by atoms with Crippen LogP contribution < -0.4 is 4.74 Å². The maximum atomic E-state index is 12.9. The van der Waals surface area contributed by atoms with Crippen LogP contribution in [-0.4, -0.2) is 39.1 Å². The number of pyridine rings is 1. The van der Waals surface area contributed by atoms with Gasteiger partial charge >= 0.3 is 0 Å². The summed E-state index contributed by atoms with van der Waals surface area (Å²) in [5.41, 5.74) is -0.338. The molecule has 3 rings (SSSR count). The van der Waals surface area contributed by atoms with Crippen molar-refractivity contribution >= 4 is 5.91 Å².